The van der Waals surface area contributed by atoms with Crippen molar-refractivity contribution in [3.63, 3.8) is 0 Å². The van der Waals surface area contributed by atoms with E-state index < -0.39 is 0 Å². The Kier molecular flexibility index (Phi) is 6.53. The van der Waals surface area contributed by atoms with Gasteiger partial charge in [0.1, 0.15) is 0 Å². The normalized spacial score (nSPS) is 10.7. The van der Waals surface area contributed by atoms with Crippen molar-refractivity contribution in [2.75, 3.05) is 24.9 Å². The maximum Gasteiger partial charge on any atom is 0.210 e. The summed E-state index contributed by atoms with van der Waals surface area (Å²) in [7, 11) is 3.23. The largest absolute Gasteiger partial charge is 0.493 e. The number of methoxy groups -OCH3 is 2. The Hall–Kier alpha value is -3.62. The van der Waals surface area contributed by atoms with Crippen molar-refractivity contribution >= 4 is 40.0 Å². The van der Waals surface area contributed by atoms with Gasteiger partial charge in [-0.05, 0) is 35.5 Å². The fourth-order valence-electron chi connectivity index (χ4n) is 3.46. The van der Waals surface area contributed by atoms with E-state index in [-0.39, 0.29) is 0 Å². The first-order valence-electron chi connectivity index (χ1n) is 10.1. The minimum absolute atomic E-state index is 0.439. The van der Waals surface area contributed by atoms with E-state index in [0.29, 0.717) is 35.6 Å². The summed E-state index contributed by atoms with van der Waals surface area (Å²) >= 11 is 5.56. The predicted octanol–water partition coefficient (Wildman–Crippen LogP) is 4.37. The van der Waals surface area contributed by atoms with Crippen LogP contribution in [0.25, 0.3) is 11.0 Å². The number of fused-ring (bicyclic) bond motifs is 1. The van der Waals surface area contributed by atoms with E-state index in [0.717, 1.165) is 27.8 Å². The average molecular weight is 448 g/mol. The fourth-order valence-corrected chi connectivity index (χ4v) is 3.67. The first-order chi connectivity index (χ1) is 15.6. The molecule has 0 amide bonds. The molecule has 1 aromatic heterocycles. The molecular formula is C24H25N5O2S. The Morgan fingerprint density at radius 3 is 2.28 bits per heavy atom. The molecule has 4 rings (SSSR count). The number of hydrogen-bond donors (Lipinski definition) is 3. The topological polar surface area (TPSA) is 86.4 Å². The maximum absolute atomic E-state index is 5.67. The number of thiocarbonyl (C=S) groups is 1. The van der Waals surface area contributed by atoms with Gasteiger partial charge in [-0.15, -0.1) is 0 Å². The zero-order valence-electron chi connectivity index (χ0n) is 18.0. The van der Waals surface area contributed by atoms with Gasteiger partial charge in [-0.2, -0.15) is 0 Å². The highest BCUT2D eigenvalue weighted by molar-refractivity contribution is 7.80. The van der Waals surface area contributed by atoms with Gasteiger partial charge in [-0.1, -0.05) is 42.5 Å². The third-order valence-electron chi connectivity index (χ3n) is 5.11. The van der Waals surface area contributed by atoms with Gasteiger partial charge >= 0.3 is 0 Å². The Morgan fingerprint density at radius 2 is 1.62 bits per heavy atom. The summed E-state index contributed by atoms with van der Waals surface area (Å²) in [6, 6.07) is 21.8. The second-order valence-electron chi connectivity index (χ2n) is 7.18. The Morgan fingerprint density at radius 1 is 0.938 bits per heavy atom. The third kappa shape index (κ3) is 4.66. The third-order valence-corrected chi connectivity index (χ3v) is 5.31. The smallest absolute Gasteiger partial charge is 0.210 e. The van der Waals surface area contributed by atoms with Crippen LogP contribution in [0.4, 0.5) is 11.6 Å². The second kappa shape index (κ2) is 9.67. The predicted molar refractivity (Wildman–Crippen MR) is 133 cm³/mol. The Balaban J connectivity index is 1.68. The molecule has 0 unspecified atom stereocenters. The molecule has 0 aliphatic rings. The molecule has 0 spiro atoms. The number of hydrogen-bond acceptors (Lipinski definition) is 5. The summed E-state index contributed by atoms with van der Waals surface area (Å²) in [6.07, 6.45) is 0. The molecule has 0 saturated carbocycles. The number of aromatic nitrogens is 2. The molecule has 32 heavy (non-hydrogen) atoms. The van der Waals surface area contributed by atoms with Gasteiger partial charge in [-0.3, -0.25) is 0 Å². The molecule has 0 radical (unpaired) electrons. The minimum atomic E-state index is 0.439. The number of ether oxygens (including phenoxy) is 2. The van der Waals surface area contributed by atoms with Crippen molar-refractivity contribution in [2.24, 2.45) is 5.73 Å². The van der Waals surface area contributed by atoms with Crippen LogP contribution in [0.2, 0.25) is 0 Å². The molecule has 0 atom stereocenters. The molecule has 0 aliphatic heterocycles. The van der Waals surface area contributed by atoms with Gasteiger partial charge in [0, 0.05) is 24.4 Å². The molecule has 8 heteroatoms. The minimum Gasteiger partial charge on any atom is -0.493 e. The molecule has 164 valence electrons. The molecule has 7 nitrogen and oxygen atoms in total. The molecule has 1 heterocycles. The number of imidazole rings is 1. The Labute approximate surface area is 192 Å². The standard InChI is InChI=1S/C24H25N5O2S/c1-30-21-12-19-20(13-22(21)31-2)29(15-17-6-4-3-5-7-17)23(27-19)28-24(32)26-18-10-8-16(14-25)9-11-18/h3-13H,14-15,25H2,1-2H3,(H2,26,27,28,32). The van der Waals surface area contributed by atoms with Gasteiger partial charge in [0.25, 0.3) is 0 Å². The lowest BCUT2D eigenvalue weighted by Gasteiger charge is -2.14. The van der Waals surface area contributed by atoms with Crippen LogP contribution >= 0.6 is 12.2 Å². The molecule has 4 N–H and O–H groups in total. The number of anilines is 2. The van der Waals surface area contributed by atoms with Gasteiger partial charge in [0.2, 0.25) is 5.95 Å². The lowest BCUT2D eigenvalue weighted by Crippen LogP contribution is -2.21. The van der Waals surface area contributed by atoms with Crippen LogP contribution in [0.1, 0.15) is 11.1 Å². The van der Waals surface area contributed by atoms with E-state index in [1.54, 1.807) is 14.2 Å². The zero-order valence-corrected chi connectivity index (χ0v) is 18.8. The van der Waals surface area contributed by atoms with Crippen molar-refractivity contribution in [2.45, 2.75) is 13.1 Å². The van der Waals surface area contributed by atoms with Gasteiger partial charge in [0.15, 0.2) is 16.6 Å². The quantitative estimate of drug-likeness (QED) is 0.363. The first-order valence-corrected chi connectivity index (χ1v) is 10.5. The molecule has 0 bridgehead atoms. The van der Waals surface area contributed by atoms with Crippen molar-refractivity contribution in [1.82, 2.24) is 9.55 Å². The summed E-state index contributed by atoms with van der Waals surface area (Å²) in [5.41, 5.74) is 10.4. The zero-order chi connectivity index (χ0) is 22.5. The van der Waals surface area contributed by atoms with E-state index in [1.807, 2.05) is 54.6 Å². The van der Waals surface area contributed by atoms with Gasteiger partial charge in [-0.25, -0.2) is 4.98 Å². The Bertz CT molecular complexity index is 1220. The molecule has 0 fully saturated rings. The van der Waals surface area contributed by atoms with Crippen molar-refractivity contribution in [3.8, 4) is 11.5 Å². The number of benzene rings is 3. The van der Waals surface area contributed by atoms with E-state index in [2.05, 4.69) is 27.3 Å². The van der Waals surface area contributed by atoms with Crippen LogP contribution < -0.4 is 25.8 Å². The van der Waals surface area contributed by atoms with Gasteiger partial charge in [0.05, 0.1) is 31.8 Å². The van der Waals surface area contributed by atoms with Crippen molar-refractivity contribution in [3.05, 3.63) is 77.9 Å². The summed E-state index contributed by atoms with van der Waals surface area (Å²) in [5, 5.41) is 6.88. The molecule has 0 saturated heterocycles. The highest BCUT2D eigenvalue weighted by Gasteiger charge is 2.16. The highest BCUT2D eigenvalue weighted by atomic mass is 32.1. The lowest BCUT2D eigenvalue weighted by atomic mass is 10.2. The number of nitrogens with two attached hydrogens (primary N) is 1. The molecule has 4 aromatic rings. The van der Waals surface area contributed by atoms with Crippen molar-refractivity contribution < 1.29 is 9.47 Å². The van der Waals surface area contributed by atoms with E-state index in [1.165, 1.54) is 0 Å². The van der Waals surface area contributed by atoms with Crippen LogP contribution in [-0.4, -0.2) is 28.9 Å². The van der Waals surface area contributed by atoms with Crippen LogP contribution in [0.5, 0.6) is 11.5 Å². The van der Waals surface area contributed by atoms with E-state index in [4.69, 9.17) is 32.4 Å². The fraction of sp³-hybridized carbons (Fsp3) is 0.167. The lowest BCUT2D eigenvalue weighted by molar-refractivity contribution is 0.355. The summed E-state index contributed by atoms with van der Waals surface area (Å²) < 4.78 is 13.0. The molecule has 0 aliphatic carbocycles. The van der Waals surface area contributed by atoms with Crippen LogP contribution in [0.3, 0.4) is 0 Å². The number of rotatable bonds is 7. The highest BCUT2D eigenvalue weighted by Crippen LogP contribution is 2.34. The second-order valence-corrected chi connectivity index (χ2v) is 7.59. The van der Waals surface area contributed by atoms with Crippen LogP contribution in [0, 0.1) is 0 Å². The molecule has 3 aromatic carbocycles. The summed E-state index contributed by atoms with van der Waals surface area (Å²) in [6.45, 7) is 1.11. The average Bonchev–Trinajstić information content (AvgIpc) is 3.14. The summed E-state index contributed by atoms with van der Waals surface area (Å²) in [4.78, 5) is 4.77. The van der Waals surface area contributed by atoms with Gasteiger partial charge < -0.3 is 30.4 Å². The summed E-state index contributed by atoms with van der Waals surface area (Å²) in [5.74, 6) is 1.88. The monoisotopic (exact) mass is 447 g/mol. The van der Waals surface area contributed by atoms with Crippen LogP contribution in [-0.2, 0) is 13.1 Å². The van der Waals surface area contributed by atoms with E-state index >= 15 is 0 Å². The first kappa shape index (κ1) is 21.6. The van der Waals surface area contributed by atoms with E-state index in [9.17, 15) is 0 Å². The number of nitrogens with one attached hydrogen (secondary N) is 2. The number of nitrogens with zero attached hydrogens (tertiary/aromatic N) is 2. The van der Waals surface area contributed by atoms with Crippen molar-refractivity contribution in [1.29, 1.82) is 0 Å². The SMILES string of the molecule is COc1cc2nc(NC(=S)Nc3ccc(CN)cc3)n(Cc3ccccc3)c2cc1OC. The maximum atomic E-state index is 5.67. The van der Waals surface area contributed by atoms with Crippen LogP contribution in [0.15, 0.2) is 66.7 Å². The molecular weight excluding hydrogens is 422 g/mol.